The second-order valence-electron chi connectivity index (χ2n) is 9.81. The van der Waals surface area contributed by atoms with Gasteiger partial charge in [-0.15, -0.1) is 0 Å². The van der Waals surface area contributed by atoms with Gasteiger partial charge in [-0.05, 0) is 37.3 Å². The van der Waals surface area contributed by atoms with Crippen molar-refractivity contribution in [3.63, 3.8) is 0 Å². The molecule has 35 heavy (non-hydrogen) atoms. The summed E-state index contributed by atoms with van der Waals surface area (Å²) in [5.74, 6) is 1.50. The van der Waals surface area contributed by atoms with E-state index in [1.807, 2.05) is 12.4 Å². The van der Waals surface area contributed by atoms with E-state index < -0.39 is 0 Å². The third-order valence-electron chi connectivity index (χ3n) is 6.90. The highest BCUT2D eigenvalue weighted by molar-refractivity contribution is 5.72. The van der Waals surface area contributed by atoms with E-state index in [0.717, 1.165) is 108 Å². The van der Waals surface area contributed by atoms with Crippen molar-refractivity contribution in [2.45, 2.75) is 76.9 Å². The zero-order valence-electron chi connectivity index (χ0n) is 21.1. The highest BCUT2D eigenvalue weighted by atomic mass is 16.5. The van der Waals surface area contributed by atoms with Crippen LogP contribution >= 0.6 is 0 Å². The van der Waals surface area contributed by atoms with Gasteiger partial charge in [-0.25, -0.2) is 4.98 Å². The average Bonchev–Trinajstić information content (AvgIpc) is 2.88. The van der Waals surface area contributed by atoms with Gasteiger partial charge in [0.2, 0.25) is 5.95 Å². The number of aliphatic hydroxyl groups excluding tert-OH is 1. The molecule has 1 fully saturated rings. The molecule has 0 amide bonds. The van der Waals surface area contributed by atoms with Gasteiger partial charge in [-0.3, -0.25) is 9.88 Å². The molecule has 2 aromatic rings. The van der Waals surface area contributed by atoms with Gasteiger partial charge in [0.1, 0.15) is 5.82 Å². The van der Waals surface area contributed by atoms with Crippen LogP contribution in [0.3, 0.4) is 0 Å². The summed E-state index contributed by atoms with van der Waals surface area (Å²) < 4.78 is 5.45. The first kappa shape index (κ1) is 25.8. The van der Waals surface area contributed by atoms with Crippen molar-refractivity contribution >= 4 is 11.8 Å². The van der Waals surface area contributed by atoms with Crippen LogP contribution in [0.4, 0.5) is 11.8 Å². The number of aromatic nitrogens is 3. The zero-order valence-corrected chi connectivity index (χ0v) is 21.1. The van der Waals surface area contributed by atoms with Crippen molar-refractivity contribution in [1.82, 2.24) is 19.9 Å². The summed E-state index contributed by atoms with van der Waals surface area (Å²) in [4.78, 5) is 16.6. The van der Waals surface area contributed by atoms with Crippen LogP contribution in [0.5, 0.6) is 0 Å². The third kappa shape index (κ3) is 8.70. The maximum Gasteiger partial charge on any atom is 0.224 e. The molecule has 2 bridgehead atoms. The predicted octanol–water partition coefficient (Wildman–Crippen LogP) is 4.47. The summed E-state index contributed by atoms with van der Waals surface area (Å²) in [6.07, 6.45) is 14.6. The quantitative estimate of drug-likeness (QED) is 0.590. The van der Waals surface area contributed by atoms with Gasteiger partial charge in [0.25, 0.3) is 0 Å². The van der Waals surface area contributed by atoms with Crippen molar-refractivity contribution in [3.05, 3.63) is 30.1 Å². The molecule has 4 rings (SSSR count). The molecular weight excluding hydrogens is 440 g/mol. The van der Waals surface area contributed by atoms with E-state index in [4.69, 9.17) is 14.7 Å². The monoisotopic (exact) mass is 482 g/mol. The molecule has 2 aliphatic rings. The molecule has 2 aromatic heterocycles. The van der Waals surface area contributed by atoms with Crippen molar-refractivity contribution in [3.8, 4) is 11.3 Å². The Morgan fingerprint density at radius 1 is 0.857 bits per heavy atom. The molecule has 8 heteroatoms. The van der Waals surface area contributed by atoms with Gasteiger partial charge >= 0.3 is 0 Å². The zero-order chi connectivity index (χ0) is 24.1. The summed E-state index contributed by atoms with van der Waals surface area (Å²) in [6.45, 7) is 6.16. The Balaban J connectivity index is 1.41. The lowest BCUT2D eigenvalue weighted by Crippen LogP contribution is -2.35. The number of hydrogen-bond donors (Lipinski definition) is 3. The van der Waals surface area contributed by atoms with E-state index in [1.54, 1.807) is 0 Å². The summed E-state index contributed by atoms with van der Waals surface area (Å²) in [5.41, 5.74) is 3.02. The number of hydrogen-bond acceptors (Lipinski definition) is 8. The summed E-state index contributed by atoms with van der Waals surface area (Å²) in [7, 11) is 0. The molecule has 3 N–H and O–H groups in total. The lowest BCUT2D eigenvalue weighted by molar-refractivity contribution is 0.0341. The molecule has 0 saturated carbocycles. The Bertz CT molecular complexity index is 872. The van der Waals surface area contributed by atoms with E-state index in [1.165, 1.54) is 24.8 Å². The lowest BCUT2D eigenvalue weighted by atomic mass is 10.0. The maximum absolute atomic E-state index is 10.2. The molecule has 8 nitrogen and oxygen atoms in total. The second kappa shape index (κ2) is 14.3. The van der Waals surface area contributed by atoms with Gasteiger partial charge in [0, 0.05) is 45.1 Å². The molecule has 1 unspecified atom stereocenters. The van der Waals surface area contributed by atoms with Crippen molar-refractivity contribution < 1.29 is 9.84 Å². The van der Waals surface area contributed by atoms with E-state index in [2.05, 4.69) is 32.7 Å². The van der Waals surface area contributed by atoms with Crippen molar-refractivity contribution in [1.29, 1.82) is 0 Å². The molecule has 0 aromatic carbocycles. The minimum Gasteiger partial charge on any atom is -0.393 e. The van der Waals surface area contributed by atoms with E-state index in [-0.39, 0.29) is 6.10 Å². The molecule has 4 heterocycles. The number of nitrogens with zero attached hydrogens (tertiary/aromatic N) is 4. The molecule has 1 atom stereocenters. The van der Waals surface area contributed by atoms with E-state index >= 15 is 0 Å². The number of ether oxygens (including phenoxy) is 1. The van der Waals surface area contributed by atoms with Crippen LogP contribution in [-0.2, 0) is 11.3 Å². The fourth-order valence-electron chi connectivity index (χ4n) is 4.75. The summed E-state index contributed by atoms with van der Waals surface area (Å²) in [5, 5.41) is 17.1. The SMILES string of the molecule is OC1CCCCCCCNc2ncc(-c3ccc(CN4CCOCC4)cn3)c(n2)NCCCCC1. The second-order valence-corrected chi connectivity index (χ2v) is 9.81. The first-order valence-corrected chi connectivity index (χ1v) is 13.6. The van der Waals surface area contributed by atoms with E-state index in [9.17, 15) is 5.11 Å². The van der Waals surface area contributed by atoms with Crippen molar-refractivity contribution in [2.75, 3.05) is 50.0 Å². The minimum absolute atomic E-state index is 0.142. The molecule has 0 radical (unpaired) electrons. The number of pyridine rings is 1. The topological polar surface area (TPSA) is 95.4 Å². The largest absolute Gasteiger partial charge is 0.393 e. The first-order valence-electron chi connectivity index (χ1n) is 13.6. The van der Waals surface area contributed by atoms with E-state index in [0.29, 0.717) is 5.95 Å². The number of aliphatic hydroxyl groups is 1. The van der Waals surface area contributed by atoms with Crippen LogP contribution in [0, 0.1) is 0 Å². The van der Waals surface area contributed by atoms with Gasteiger partial charge in [-0.2, -0.15) is 4.98 Å². The van der Waals surface area contributed by atoms with Crippen molar-refractivity contribution in [2.24, 2.45) is 0 Å². The molecular formula is C27H42N6O2. The van der Waals surface area contributed by atoms with Gasteiger partial charge in [0.05, 0.1) is 30.6 Å². The Morgan fingerprint density at radius 3 is 2.34 bits per heavy atom. The number of anilines is 2. The lowest BCUT2D eigenvalue weighted by Gasteiger charge is -2.26. The van der Waals surface area contributed by atoms with Gasteiger partial charge < -0.3 is 20.5 Å². The Morgan fingerprint density at radius 2 is 1.57 bits per heavy atom. The summed E-state index contributed by atoms with van der Waals surface area (Å²) >= 11 is 0. The minimum atomic E-state index is -0.142. The number of rotatable bonds is 3. The van der Waals surface area contributed by atoms with Gasteiger partial charge in [0.15, 0.2) is 0 Å². The fraction of sp³-hybridized carbons (Fsp3) is 0.667. The highest BCUT2D eigenvalue weighted by Gasteiger charge is 2.14. The molecule has 0 aliphatic carbocycles. The molecule has 2 aliphatic heterocycles. The predicted molar refractivity (Wildman–Crippen MR) is 141 cm³/mol. The fourth-order valence-corrected chi connectivity index (χ4v) is 4.75. The Kier molecular flexibility index (Phi) is 10.5. The van der Waals surface area contributed by atoms with Crippen LogP contribution in [0.25, 0.3) is 11.3 Å². The Hall–Kier alpha value is -2.29. The van der Waals surface area contributed by atoms with Crippen LogP contribution in [-0.4, -0.2) is 70.5 Å². The third-order valence-corrected chi connectivity index (χ3v) is 6.90. The van der Waals surface area contributed by atoms with Crippen LogP contribution in [0.1, 0.15) is 69.8 Å². The maximum atomic E-state index is 10.2. The highest BCUT2D eigenvalue weighted by Crippen LogP contribution is 2.26. The van der Waals surface area contributed by atoms with Crippen LogP contribution in [0.15, 0.2) is 24.5 Å². The smallest absolute Gasteiger partial charge is 0.224 e. The van der Waals surface area contributed by atoms with Crippen LogP contribution in [0.2, 0.25) is 0 Å². The number of nitrogens with one attached hydrogen (secondary N) is 2. The standard InChI is InChI=1S/C27H42N6O2/c34-23-9-5-2-1-3-7-14-29-27-31-20-24(26(32-27)28-13-8-4-6-10-23)25-12-11-22(19-30-25)21-33-15-17-35-18-16-33/h11-12,19-20,23,34H,1-10,13-18,21H2,(H2,28,29,31,32). The molecule has 0 spiro atoms. The number of morpholine rings is 1. The number of fused-ring (bicyclic) bond motifs is 2. The summed E-state index contributed by atoms with van der Waals surface area (Å²) in [6, 6.07) is 4.23. The molecule has 192 valence electrons. The van der Waals surface area contributed by atoms with Crippen LogP contribution < -0.4 is 10.6 Å². The first-order chi connectivity index (χ1) is 17.3. The normalized spacial score (nSPS) is 21.8. The Labute approximate surface area is 209 Å². The molecule has 1 saturated heterocycles. The van der Waals surface area contributed by atoms with Gasteiger partial charge in [-0.1, -0.05) is 44.6 Å². The average molecular weight is 483 g/mol.